The van der Waals surface area contributed by atoms with Gasteiger partial charge in [0.2, 0.25) is 0 Å². The molecule has 0 fully saturated rings. The zero-order valence-corrected chi connectivity index (χ0v) is 20.1. The van der Waals surface area contributed by atoms with Crippen LogP contribution in [0.2, 0.25) is 0 Å². The van der Waals surface area contributed by atoms with E-state index >= 15 is 8.78 Å². The summed E-state index contributed by atoms with van der Waals surface area (Å²) in [5, 5.41) is 21.6. The number of benzene rings is 2. The smallest absolute Gasteiger partial charge is 0.378 e. The lowest BCUT2D eigenvalue weighted by molar-refractivity contribution is -0.208. The van der Waals surface area contributed by atoms with Gasteiger partial charge < -0.3 is 14.6 Å². The molecule has 10 nitrogen and oxygen atoms in total. The highest BCUT2D eigenvalue weighted by atomic mass is 19.3. The van der Waals surface area contributed by atoms with Crippen LogP contribution in [-0.2, 0) is 22.8 Å². The lowest BCUT2D eigenvalue weighted by atomic mass is 9.84. The van der Waals surface area contributed by atoms with Crippen LogP contribution in [0.25, 0.3) is 4.85 Å². The first-order valence-corrected chi connectivity index (χ1v) is 11.2. The Balaban J connectivity index is 1.73. The summed E-state index contributed by atoms with van der Waals surface area (Å²) in [6.07, 6.45) is 0.953. The molecule has 0 bridgehead atoms. The van der Waals surface area contributed by atoms with Crippen LogP contribution in [0.15, 0.2) is 60.8 Å². The fraction of sp³-hybridized carbons (Fsp3) is 0.200. The molecule has 0 aliphatic heterocycles. The van der Waals surface area contributed by atoms with Crippen LogP contribution < -0.4 is 4.74 Å². The van der Waals surface area contributed by atoms with Crippen molar-refractivity contribution >= 4 is 11.7 Å². The average molecular weight is 542 g/mol. The van der Waals surface area contributed by atoms with Gasteiger partial charge in [-0.05, 0) is 53.7 Å². The van der Waals surface area contributed by atoms with Gasteiger partial charge in [-0.15, -0.1) is 5.10 Å². The second kappa shape index (κ2) is 10.8. The molecular formula is C25H18F4N6O4. The first-order chi connectivity index (χ1) is 18.6. The van der Waals surface area contributed by atoms with Crippen molar-refractivity contribution in [2.75, 3.05) is 6.61 Å². The molecule has 39 heavy (non-hydrogen) atoms. The molecule has 0 saturated heterocycles. The van der Waals surface area contributed by atoms with E-state index in [-0.39, 0.29) is 12.4 Å². The number of rotatable bonds is 9. The van der Waals surface area contributed by atoms with E-state index in [2.05, 4.69) is 25.4 Å². The zero-order valence-electron chi connectivity index (χ0n) is 20.1. The Morgan fingerprint density at radius 2 is 1.82 bits per heavy atom. The first kappa shape index (κ1) is 27.1. The van der Waals surface area contributed by atoms with Crippen LogP contribution in [0.3, 0.4) is 0 Å². The third-order valence-corrected chi connectivity index (χ3v) is 5.52. The standard InChI is InChI=1S/C25H18F4N6O4/c1-3-38-23(36)22-32-33-34-35(22)14-24(37,19-10-4-15(26)12-20(19)27)25(28,29)21-11-9-18(13-31-21)39-17-7-5-16(30-2)6-8-17/h4-13,37H,3,14H2,1H3. The van der Waals surface area contributed by atoms with Gasteiger partial charge >= 0.3 is 11.9 Å². The molecule has 1 unspecified atom stereocenters. The van der Waals surface area contributed by atoms with E-state index in [1.165, 1.54) is 31.2 Å². The summed E-state index contributed by atoms with van der Waals surface area (Å²) in [6, 6.07) is 9.65. The molecule has 14 heteroatoms. The van der Waals surface area contributed by atoms with Crippen LogP contribution in [0.1, 0.15) is 28.8 Å². The highest BCUT2D eigenvalue weighted by Gasteiger charge is 2.58. The summed E-state index contributed by atoms with van der Waals surface area (Å²) in [7, 11) is 0. The minimum Gasteiger partial charge on any atom is -0.460 e. The van der Waals surface area contributed by atoms with E-state index in [4.69, 9.17) is 16.0 Å². The van der Waals surface area contributed by atoms with Crippen molar-refractivity contribution in [3.8, 4) is 11.5 Å². The van der Waals surface area contributed by atoms with Crippen LogP contribution in [0, 0.1) is 18.2 Å². The quantitative estimate of drug-likeness (QED) is 0.186. The number of aliphatic hydroxyl groups is 1. The van der Waals surface area contributed by atoms with Crippen molar-refractivity contribution in [2.45, 2.75) is 25.0 Å². The number of pyridine rings is 1. The zero-order chi connectivity index (χ0) is 28.2. The molecule has 1 atom stereocenters. The highest BCUT2D eigenvalue weighted by Crippen LogP contribution is 2.47. The number of carbonyl (C=O) groups excluding carboxylic acids is 1. The Morgan fingerprint density at radius 3 is 2.44 bits per heavy atom. The molecule has 2 aromatic carbocycles. The van der Waals surface area contributed by atoms with Gasteiger partial charge in [0.1, 0.15) is 28.8 Å². The summed E-state index contributed by atoms with van der Waals surface area (Å²) in [6.45, 7) is 7.14. The highest BCUT2D eigenvalue weighted by molar-refractivity contribution is 5.85. The molecule has 2 aromatic heterocycles. The topological polar surface area (TPSA) is 117 Å². The van der Waals surface area contributed by atoms with Crippen molar-refractivity contribution < 1.29 is 36.9 Å². The molecule has 200 valence electrons. The lowest BCUT2D eigenvalue weighted by Crippen LogP contribution is -2.48. The Labute approximate surface area is 218 Å². The molecule has 0 amide bonds. The molecule has 0 saturated carbocycles. The molecule has 4 rings (SSSR count). The van der Waals surface area contributed by atoms with Crippen molar-refractivity contribution in [2.24, 2.45) is 0 Å². The van der Waals surface area contributed by atoms with E-state index in [0.29, 0.717) is 34.3 Å². The van der Waals surface area contributed by atoms with E-state index < -0.39 is 52.8 Å². The maximum absolute atomic E-state index is 16.0. The van der Waals surface area contributed by atoms with Crippen molar-refractivity contribution in [3.63, 3.8) is 0 Å². The second-order valence-corrected chi connectivity index (χ2v) is 8.03. The largest absolute Gasteiger partial charge is 0.460 e. The summed E-state index contributed by atoms with van der Waals surface area (Å²) in [5.41, 5.74) is -5.10. The predicted molar refractivity (Wildman–Crippen MR) is 125 cm³/mol. The third kappa shape index (κ3) is 5.39. The molecule has 4 aromatic rings. The van der Waals surface area contributed by atoms with Crippen LogP contribution in [0.5, 0.6) is 11.5 Å². The normalized spacial score (nSPS) is 12.8. The molecule has 1 N–H and O–H groups in total. The first-order valence-electron chi connectivity index (χ1n) is 11.2. The molecule has 0 spiro atoms. The van der Waals surface area contributed by atoms with Gasteiger partial charge in [-0.2, -0.15) is 8.78 Å². The number of esters is 1. The summed E-state index contributed by atoms with van der Waals surface area (Å²) < 4.78 is 71.4. The molecule has 0 aliphatic carbocycles. The van der Waals surface area contributed by atoms with Crippen molar-refractivity contribution in [3.05, 3.63) is 101 Å². The fourth-order valence-corrected chi connectivity index (χ4v) is 3.61. The Hall–Kier alpha value is -4.90. The monoisotopic (exact) mass is 542 g/mol. The number of hydrogen-bond acceptors (Lipinski definition) is 8. The van der Waals surface area contributed by atoms with Gasteiger partial charge in [-0.3, -0.25) is 4.98 Å². The number of tetrazole rings is 1. The van der Waals surface area contributed by atoms with E-state index in [1.54, 1.807) is 0 Å². The number of hydrogen-bond donors (Lipinski definition) is 1. The molecule has 2 heterocycles. The number of aromatic nitrogens is 5. The third-order valence-electron chi connectivity index (χ3n) is 5.52. The van der Waals surface area contributed by atoms with E-state index in [0.717, 1.165) is 18.3 Å². The SMILES string of the molecule is [C-]#[N+]c1ccc(Oc2ccc(C(F)(F)C(O)(Cn3nnnc3C(=O)OCC)c3ccc(F)cc3F)nc2)cc1. The number of halogens is 4. The van der Waals surface area contributed by atoms with Crippen molar-refractivity contribution in [1.29, 1.82) is 0 Å². The number of nitrogens with zero attached hydrogens (tertiary/aromatic N) is 6. The maximum Gasteiger partial charge on any atom is 0.378 e. The van der Waals surface area contributed by atoms with Gasteiger partial charge in [0.05, 0.1) is 25.9 Å². The second-order valence-electron chi connectivity index (χ2n) is 8.03. The van der Waals surface area contributed by atoms with Crippen LogP contribution >= 0.6 is 0 Å². The average Bonchev–Trinajstić information content (AvgIpc) is 3.37. The predicted octanol–water partition coefficient (Wildman–Crippen LogP) is 4.55. The minimum absolute atomic E-state index is 0.0479. The fourth-order valence-electron chi connectivity index (χ4n) is 3.61. The number of ether oxygens (including phenoxy) is 2. The molecular weight excluding hydrogens is 524 g/mol. The number of carbonyl (C=O) groups is 1. The van der Waals surface area contributed by atoms with Gasteiger partial charge in [-0.25, -0.2) is 23.1 Å². The van der Waals surface area contributed by atoms with E-state index in [1.807, 2.05) is 0 Å². The van der Waals surface area contributed by atoms with Gasteiger partial charge in [0, 0.05) is 11.6 Å². The molecule has 0 aliphatic rings. The minimum atomic E-state index is -4.35. The van der Waals surface area contributed by atoms with Gasteiger partial charge in [-0.1, -0.05) is 12.1 Å². The van der Waals surface area contributed by atoms with Crippen LogP contribution in [-0.4, -0.2) is 42.9 Å². The van der Waals surface area contributed by atoms with E-state index in [9.17, 15) is 18.7 Å². The summed E-state index contributed by atoms with van der Waals surface area (Å²) in [5.74, 6) is -8.25. The number of alkyl halides is 2. The van der Waals surface area contributed by atoms with Gasteiger partial charge in [0.15, 0.2) is 11.3 Å². The maximum atomic E-state index is 16.0. The molecule has 0 radical (unpaired) electrons. The Kier molecular flexibility index (Phi) is 7.54. The lowest BCUT2D eigenvalue weighted by Gasteiger charge is -2.36. The van der Waals surface area contributed by atoms with Crippen molar-refractivity contribution in [1.82, 2.24) is 25.2 Å². The Morgan fingerprint density at radius 1 is 1.10 bits per heavy atom. The van der Waals surface area contributed by atoms with Crippen LogP contribution in [0.4, 0.5) is 23.2 Å². The summed E-state index contributed by atoms with van der Waals surface area (Å²) in [4.78, 5) is 19.1. The Bertz CT molecular complexity index is 1520. The summed E-state index contributed by atoms with van der Waals surface area (Å²) >= 11 is 0. The van der Waals surface area contributed by atoms with Gasteiger partial charge in [0.25, 0.3) is 5.82 Å².